The number of nitrogens with two attached hydrogens (primary N) is 1. The second kappa shape index (κ2) is 7.57. The molecular formula is C16H7F8I2NO. The summed E-state index contributed by atoms with van der Waals surface area (Å²) in [6.07, 6.45) is -12.5. The number of rotatable bonds is 3. The summed E-state index contributed by atoms with van der Waals surface area (Å²) < 4.78 is 106. The van der Waals surface area contributed by atoms with Crippen LogP contribution in [-0.2, 0) is 5.67 Å². The molecule has 2 rings (SSSR count). The molecule has 2 aromatic carbocycles. The van der Waals surface area contributed by atoms with Gasteiger partial charge in [-0.25, -0.2) is 8.78 Å². The van der Waals surface area contributed by atoms with Gasteiger partial charge in [-0.3, -0.25) is 4.79 Å². The van der Waals surface area contributed by atoms with Gasteiger partial charge in [-0.1, -0.05) is 12.1 Å². The van der Waals surface area contributed by atoms with Crippen molar-refractivity contribution in [1.29, 1.82) is 0 Å². The molecule has 0 aliphatic carbocycles. The Morgan fingerprint density at radius 1 is 0.893 bits per heavy atom. The zero-order chi connectivity index (χ0) is 21.7. The lowest BCUT2D eigenvalue weighted by Gasteiger charge is -2.31. The Labute approximate surface area is 179 Å². The number of carbonyl (C=O) groups excluding carboxylic acids is 1. The van der Waals surface area contributed by atoms with Crippen molar-refractivity contribution in [2.75, 3.05) is 0 Å². The third-order valence-electron chi connectivity index (χ3n) is 3.75. The fourth-order valence-electron chi connectivity index (χ4n) is 2.43. The Morgan fingerprint density at radius 3 is 1.75 bits per heavy atom. The minimum Gasteiger partial charge on any atom is -0.366 e. The molecule has 0 saturated heterocycles. The highest BCUT2D eigenvalue weighted by molar-refractivity contribution is 14.1. The van der Waals surface area contributed by atoms with Crippen LogP contribution in [0.25, 0.3) is 11.1 Å². The summed E-state index contributed by atoms with van der Waals surface area (Å²) in [7, 11) is 0. The summed E-state index contributed by atoms with van der Waals surface area (Å²) in [5.74, 6) is -2.21. The van der Waals surface area contributed by atoms with E-state index in [9.17, 15) is 39.9 Å². The molecule has 0 radical (unpaired) electrons. The molecule has 0 unspecified atom stereocenters. The van der Waals surface area contributed by atoms with E-state index in [1.807, 2.05) is 0 Å². The van der Waals surface area contributed by atoms with Crippen LogP contribution in [0, 0.1) is 13.0 Å². The minimum atomic E-state index is -6.27. The number of alkyl halides is 7. The average molecular weight is 635 g/mol. The molecule has 28 heavy (non-hydrogen) atoms. The first-order valence-corrected chi connectivity index (χ1v) is 9.19. The quantitative estimate of drug-likeness (QED) is 0.322. The van der Waals surface area contributed by atoms with Gasteiger partial charge in [0, 0.05) is 23.8 Å². The summed E-state index contributed by atoms with van der Waals surface area (Å²) in [5, 5.41) is 0. The normalized spacial score (nSPS) is 12.9. The molecular weight excluding hydrogens is 628 g/mol. The largest absolute Gasteiger partial charge is 0.435 e. The highest BCUT2D eigenvalue weighted by Crippen LogP contribution is 2.54. The van der Waals surface area contributed by atoms with Crippen LogP contribution in [0.2, 0.25) is 0 Å². The predicted molar refractivity (Wildman–Crippen MR) is 101 cm³/mol. The van der Waals surface area contributed by atoms with Crippen LogP contribution in [0.3, 0.4) is 0 Å². The van der Waals surface area contributed by atoms with Crippen LogP contribution in [0.5, 0.6) is 0 Å². The topological polar surface area (TPSA) is 43.1 Å². The Morgan fingerprint density at radius 2 is 1.36 bits per heavy atom. The summed E-state index contributed by atoms with van der Waals surface area (Å²) >= 11 is 2.74. The number of hydrogen-bond acceptors (Lipinski definition) is 1. The van der Waals surface area contributed by atoms with Crippen LogP contribution in [0.1, 0.15) is 15.9 Å². The summed E-state index contributed by atoms with van der Waals surface area (Å²) in [4.78, 5) is 11.3. The molecule has 0 fully saturated rings. The molecule has 2 nitrogen and oxygen atoms in total. The summed E-state index contributed by atoms with van der Waals surface area (Å²) in [6, 6.07) is 4.15. The molecule has 0 atom stereocenters. The molecule has 152 valence electrons. The van der Waals surface area contributed by atoms with E-state index in [0.717, 1.165) is 12.1 Å². The number of primary amides is 1. The van der Waals surface area contributed by atoms with E-state index in [0.29, 0.717) is 12.1 Å². The van der Waals surface area contributed by atoms with E-state index in [1.54, 1.807) is 0 Å². The van der Waals surface area contributed by atoms with E-state index >= 15 is 0 Å². The van der Waals surface area contributed by atoms with E-state index < -0.39 is 40.9 Å². The zero-order valence-corrected chi connectivity index (χ0v) is 17.5. The first-order valence-electron chi connectivity index (χ1n) is 7.03. The molecule has 0 heterocycles. The lowest BCUT2D eigenvalue weighted by atomic mass is 9.92. The van der Waals surface area contributed by atoms with Gasteiger partial charge in [0.05, 0.1) is 5.56 Å². The third kappa shape index (κ3) is 3.80. The van der Waals surface area contributed by atoms with Gasteiger partial charge in [0.25, 0.3) is 5.91 Å². The lowest BCUT2D eigenvalue weighted by Crippen LogP contribution is -2.50. The first kappa shape index (κ1) is 23.1. The third-order valence-corrected chi connectivity index (χ3v) is 5.46. The van der Waals surface area contributed by atoms with Gasteiger partial charge in [-0.05, 0) is 63.4 Å². The highest BCUT2D eigenvalue weighted by atomic mass is 127. The van der Waals surface area contributed by atoms with Crippen LogP contribution < -0.4 is 5.73 Å². The molecule has 2 aromatic rings. The van der Waals surface area contributed by atoms with Crippen molar-refractivity contribution in [3.8, 4) is 11.1 Å². The highest BCUT2D eigenvalue weighted by Gasteiger charge is 2.73. The van der Waals surface area contributed by atoms with Gasteiger partial charge in [0.1, 0.15) is 5.82 Å². The second-order valence-corrected chi connectivity index (χ2v) is 7.82. The first-order chi connectivity index (χ1) is 12.6. The van der Waals surface area contributed by atoms with Gasteiger partial charge in [0.2, 0.25) is 0 Å². The average Bonchev–Trinajstić information content (AvgIpc) is 2.52. The van der Waals surface area contributed by atoms with Crippen LogP contribution in [-0.4, -0.2) is 18.3 Å². The number of benzene rings is 2. The van der Waals surface area contributed by atoms with Gasteiger partial charge >= 0.3 is 18.0 Å². The lowest BCUT2D eigenvalue weighted by molar-refractivity contribution is -0.348. The molecule has 0 spiro atoms. The number of hydrogen-bond donors (Lipinski definition) is 1. The van der Waals surface area contributed by atoms with Crippen LogP contribution in [0.4, 0.5) is 35.1 Å². The Kier molecular flexibility index (Phi) is 6.24. The van der Waals surface area contributed by atoms with Gasteiger partial charge in [-0.2, -0.15) is 26.3 Å². The Hall–Kier alpha value is -1.19. The van der Waals surface area contributed by atoms with Gasteiger partial charge in [-0.15, -0.1) is 0 Å². The maximum absolute atomic E-state index is 14.5. The van der Waals surface area contributed by atoms with E-state index in [4.69, 9.17) is 5.73 Å². The van der Waals surface area contributed by atoms with Crippen molar-refractivity contribution in [3.63, 3.8) is 0 Å². The smallest absolute Gasteiger partial charge is 0.366 e. The van der Waals surface area contributed by atoms with Gasteiger partial charge in [0.15, 0.2) is 0 Å². The standard InChI is InChI=1S/C16H7F8I2NO/c17-12-7(2-1-3-8(12)13(27)28)11-9(25)4-6(5-10(11)26)14(18,15(19,20)21)16(22,23)24/h1-5H,(H2,27,28). The maximum atomic E-state index is 14.5. The van der Waals surface area contributed by atoms with E-state index in [-0.39, 0.29) is 18.3 Å². The van der Waals surface area contributed by atoms with Crippen molar-refractivity contribution >= 4 is 51.1 Å². The second-order valence-electron chi connectivity index (χ2n) is 5.50. The van der Waals surface area contributed by atoms with E-state index in [2.05, 4.69) is 0 Å². The Bertz CT molecular complexity index is 902. The molecule has 0 aromatic heterocycles. The summed E-state index contributed by atoms with van der Waals surface area (Å²) in [5.41, 5.74) is -3.15. The molecule has 0 aliphatic heterocycles. The number of amides is 1. The van der Waals surface area contributed by atoms with Crippen molar-refractivity contribution in [3.05, 3.63) is 54.4 Å². The molecule has 12 heteroatoms. The van der Waals surface area contributed by atoms with Crippen molar-refractivity contribution in [1.82, 2.24) is 0 Å². The number of halogens is 10. The fraction of sp³-hybridized carbons (Fsp3) is 0.188. The van der Waals surface area contributed by atoms with Crippen LogP contribution >= 0.6 is 45.2 Å². The molecule has 2 N–H and O–H groups in total. The monoisotopic (exact) mass is 635 g/mol. The fourth-order valence-corrected chi connectivity index (χ4v) is 4.78. The van der Waals surface area contributed by atoms with Crippen molar-refractivity contribution in [2.24, 2.45) is 5.73 Å². The van der Waals surface area contributed by atoms with E-state index in [1.165, 1.54) is 51.2 Å². The predicted octanol–water partition coefficient (Wildman–Crippen LogP) is 6.09. The summed E-state index contributed by atoms with van der Waals surface area (Å²) in [6.45, 7) is 0. The molecule has 1 amide bonds. The molecule has 0 aliphatic rings. The Balaban J connectivity index is 2.78. The van der Waals surface area contributed by atoms with Crippen molar-refractivity contribution in [2.45, 2.75) is 18.0 Å². The maximum Gasteiger partial charge on any atom is 0.435 e. The molecule has 0 saturated carbocycles. The zero-order valence-electron chi connectivity index (χ0n) is 13.2. The van der Waals surface area contributed by atoms with Crippen molar-refractivity contribution < 1.29 is 39.9 Å². The molecule has 0 bridgehead atoms. The SMILES string of the molecule is NC(=O)c1cccc(-c2c(I)cc(C(F)(C(F)(F)F)C(F)(F)F)cc2I)c1F. The number of carbonyl (C=O) groups is 1. The minimum absolute atomic E-state index is 0.0998. The van der Waals surface area contributed by atoms with Crippen LogP contribution in [0.15, 0.2) is 30.3 Å². The van der Waals surface area contributed by atoms with Gasteiger partial charge < -0.3 is 5.73 Å².